The van der Waals surface area contributed by atoms with E-state index in [1.807, 2.05) is 6.92 Å². The molecule has 0 aliphatic carbocycles. The molecule has 9 heteroatoms. The Morgan fingerprint density at radius 1 is 0.679 bits per heavy atom. The highest BCUT2D eigenvalue weighted by molar-refractivity contribution is 7.93. The monoisotopic (exact) mass is 436 g/mol. The van der Waals surface area contributed by atoms with Crippen LogP contribution in [0.25, 0.3) is 0 Å². The van der Waals surface area contributed by atoms with Crippen LogP contribution in [0.4, 0.5) is 11.4 Å². The smallest absolute Gasteiger partial charge is 0.261 e. The van der Waals surface area contributed by atoms with Gasteiger partial charge in [0.2, 0.25) is 0 Å². The minimum atomic E-state index is -3.92. The average molecular weight is 437 g/mol. The second-order valence-corrected chi connectivity index (χ2v) is 9.86. The lowest BCUT2D eigenvalue weighted by atomic mass is 10.2. The van der Waals surface area contributed by atoms with Crippen molar-refractivity contribution in [3.05, 3.63) is 83.4 Å². The molecule has 0 radical (unpaired) electrons. The van der Waals surface area contributed by atoms with Gasteiger partial charge in [0.25, 0.3) is 20.0 Å². The van der Waals surface area contributed by atoms with Crippen molar-refractivity contribution in [1.82, 2.24) is 0 Å². The predicted molar refractivity (Wildman–Crippen MR) is 111 cm³/mol. The maximum Gasteiger partial charge on any atom is 0.261 e. The molecule has 6 nitrogen and oxygen atoms in total. The number of benzene rings is 3. The van der Waals surface area contributed by atoms with Crippen molar-refractivity contribution >= 4 is 43.0 Å². The number of nitrogens with one attached hydrogen (secondary N) is 2. The molecule has 0 aliphatic rings. The van der Waals surface area contributed by atoms with Crippen LogP contribution < -0.4 is 9.44 Å². The molecule has 0 spiro atoms. The first kappa shape index (κ1) is 20.2. The fraction of sp³-hybridized carbons (Fsp3) is 0.0526. The van der Waals surface area contributed by atoms with Crippen LogP contribution in [0, 0.1) is 6.92 Å². The quantitative estimate of drug-likeness (QED) is 0.604. The highest BCUT2D eigenvalue weighted by Crippen LogP contribution is 2.23. The highest BCUT2D eigenvalue weighted by atomic mass is 35.5. The van der Waals surface area contributed by atoms with Crippen LogP contribution in [0.1, 0.15) is 5.56 Å². The minimum Gasteiger partial charge on any atom is -0.280 e. The Bertz CT molecular complexity index is 1210. The third kappa shape index (κ3) is 4.83. The molecule has 0 unspecified atom stereocenters. The molecular formula is C19H17ClN2O4S2. The SMILES string of the molecule is Cc1ccc(S(=O)(=O)Nc2cccc(S(=O)(=O)Nc3cccc(Cl)c3)c2)cc1. The Hall–Kier alpha value is -2.55. The van der Waals surface area contributed by atoms with E-state index in [1.165, 1.54) is 42.5 Å². The molecule has 0 aromatic heterocycles. The van der Waals surface area contributed by atoms with E-state index < -0.39 is 20.0 Å². The maximum atomic E-state index is 12.6. The maximum absolute atomic E-state index is 12.6. The van der Waals surface area contributed by atoms with Gasteiger partial charge >= 0.3 is 0 Å². The van der Waals surface area contributed by atoms with Crippen LogP contribution in [0.5, 0.6) is 0 Å². The highest BCUT2D eigenvalue weighted by Gasteiger charge is 2.18. The zero-order chi connectivity index (χ0) is 20.4. The van der Waals surface area contributed by atoms with E-state index >= 15 is 0 Å². The number of rotatable bonds is 6. The van der Waals surface area contributed by atoms with E-state index in [-0.39, 0.29) is 15.5 Å². The van der Waals surface area contributed by atoms with Gasteiger partial charge < -0.3 is 0 Å². The third-order valence-corrected chi connectivity index (χ3v) is 6.82. The van der Waals surface area contributed by atoms with Gasteiger partial charge in [-0.2, -0.15) is 0 Å². The number of hydrogen-bond acceptors (Lipinski definition) is 4. The van der Waals surface area contributed by atoms with Crippen LogP contribution in [0.15, 0.2) is 82.6 Å². The van der Waals surface area contributed by atoms with Gasteiger partial charge in [-0.25, -0.2) is 16.8 Å². The molecule has 3 rings (SSSR count). The lowest BCUT2D eigenvalue weighted by Gasteiger charge is -2.11. The number of aryl methyl sites for hydroxylation is 1. The van der Waals surface area contributed by atoms with Gasteiger partial charge in [-0.3, -0.25) is 9.44 Å². The summed E-state index contributed by atoms with van der Waals surface area (Å²) in [5.41, 5.74) is 1.37. The first-order valence-electron chi connectivity index (χ1n) is 8.14. The number of hydrogen-bond donors (Lipinski definition) is 2. The van der Waals surface area contributed by atoms with Crippen LogP contribution in [-0.2, 0) is 20.0 Å². The summed E-state index contributed by atoms with van der Waals surface area (Å²) in [5.74, 6) is 0. The number of anilines is 2. The molecule has 0 saturated heterocycles. The standard InChI is InChI=1S/C19H17ClN2O4S2/c1-14-8-10-18(11-9-14)27(23,24)22-17-6-3-7-19(13-17)28(25,26)21-16-5-2-4-15(20)12-16/h2-13,21-22H,1H3. The first-order chi connectivity index (χ1) is 13.2. The topological polar surface area (TPSA) is 92.3 Å². The van der Waals surface area contributed by atoms with Crippen LogP contribution in [0.3, 0.4) is 0 Å². The van der Waals surface area contributed by atoms with Gasteiger partial charge in [0.1, 0.15) is 0 Å². The summed E-state index contributed by atoms with van der Waals surface area (Å²) < 4.78 is 55.0. The lowest BCUT2D eigenvalue weighted by Crippen LogP contribution is -2.15. The van der Waals surface area contributed by atoms with Gasteiger partial charge in [0, 0.05) is 5.02 Å². The second-order valence-electron chi connectivity index (χ2n) is 6.06. The lowest BCUT2D eigenvalue weighted by molar-refractivity contribution is 0.598. The average Bonchev–Trinajstić information content (AvgIpc) is 2.61. The van der Waals surface area contributed by atoms with E-state index in [4.69, 9.17) is 11.6 Å². The zero-order valence-corrected chi connectivity index (χ0v) is 17.1. The predicted octanol–water partition coefficient (Wildman–Crippen LogP) is 4.25. The zero-order valence-electron chi connectivity index (χ0n) is 14.8. The molecule has 2 N–H and O–H groups in total. The summed E-state index contributed by atoms with van der Waals surface area (Å²) >= 11 is 5.87. The van der Waals surface area contributed by atoms with Crippen molar-refractivity contribution in [2.24, 2.45) is 0 Å². The van der Waals surface area contributed by atoms with Crippen molar-refractivity contribution in [3.63, 3.8) is 0 Å². The molecular weight excluding hydrogens is 420 g/mol. The Morgan fingerprint density at radius 3 is 1.82 bits per heavy atom. The number of halogens is 1. The summed E-state index contributed by atoms with van der Waals surface area (Å²) in [6.07, 6.45) is 0. The summed E-state index contributed by atoms with van der Waals surface area (Å²) in [6, 6.07) is 18.2. The van der Waals surface area contributed by atoms with Gasteiger partial charge in [0.05, 0.1) is 21.2 Å². The second kappa shape index (κ2) is 7.83. The van der Waals surface area contributed by atoms with Crippen LogP contribution in [0.2, 0.25) is 5.02 Å². The van der Waals surface area contributed by atoms with Crippen molar-refractivity contribution in [2.75, 3.05) is 9.44 Å². The van der Waals surface area contributed by atoms with Crippen molar-refractivity contribution < 1.29 is 16.8 Å². The number of sulfonamides is 2. The fourth-order valence-electron chi connectivity index (χ4n) is 2.42. The van der Waals surface area contributed by atoms with Crippen molar-refractivity contribution in [2.45, 2.75) is 16.7 Å². The van der Waals surface area contributed by atoms with Crippen LogP contribution >= 0.6 is 11.6 Å². The van der Waals surface area contributed by atoms with Gasteiger partial charge in [-0.1, -0.05) is 41.4 Å². The Morgan fingerprint density at radius 2 is 1.21 bits per heavy atom. The summed E-state index contributed by atoms with van der Waals surface area (Å²) in [4.78, 5) is -0.00000531. The normalized spacial score (nSPS) is 11.8. The largest absolute Gasteiger partial charge is 0.280 e. The molecule has 0 saturated carbocycles. The van der Waals surface area contributed by atoms with E-state index in [2.05, 4.69) is 9.44 Å². The van der Waals surface area contributed by atoms with Gasteiger partial charge in [-0.15, -0.1) is 0 Å². The summed E-state index contributed by atoms with van der Waals surface area (Å²) in [6.45, 7) is 1.85. The van der Waals surface area contributed by atoms with Crippen molar-refractivity contribution in [1.29, 1.82) is 0 Å². The Kier molecular flexibility index (Phi) is 5.64. The molecule has 0 amide bonds. The molecule has 0 aliphatic heterocycles. The molecule has 0 heterocycles. The fourth-order valence-corrected chi connectivity index (χ4v) is 4.76. The molecule has 0 bridgehead atoms. The first-order valence-corrected chi connectivity index (χ1v) is 11.5. The van der Waals surface area contributed by atoms with E-state index in [0.29, 0.717) is 10.7 Å². The minimum absolute atomic E-state index is 0.0865. The molecule has 146 valence electrons. The van der Waals surface area contributed by atoms with E-state index in [1.54, 1.807) is 30.3 Å². The molecule has 3 aromatic carbocycles. The van der Waals surface area contributed by atoms with Crippen molar-refractivity contribution in [3.8, 4) is 0 Å². The molecule has 3 aromatic rings. The van der Waals surface area contributed by atoms with Gasteiger partial charge in [0.15, 0.2) is 0 Å². The molecule has 0 fully saturated rings. The molecule has 0 atom stereocenters. The Labute approximate surface area is 169 Å². The third-order valence-electron chi connectivity index (χ3n) is 3.80. The van der Waals surface area contributed by atoms with E-state index in [9.17, 15) is 16.8 Å². The summed E-state index contributed by atoms with van der Waals surface area (Å²) in [7, 11) is -7.76. The van der Waals surface area contributed by atoms with Gasteiger partial charge in [-0.05, 0) is 55.5 Å². The summed E-state index contributed by atoms with van der Waals surface area (Å²) in [5, 5.41) is 0.389. The molecule has 28 heavy (non-hydrogen) atoms. The Balaban J connectivity index is 1.86. The van der Waals surface area contributed by atoms with E-state index in [0.717, 1.165) is 5.56 Å². The van der Waals surface area contributed by atoms with Crippen LogP contribution in [-0.4, -0.2) is 16.8 Å².